The van der Waals surface area contributed by atoms with Crippen molar-refractivity contribution in [3.8, 4) is 0 Å². The van der Waals surface area contributed by atoms with E-state index < -0.39 is 0 Å². The number of para-hydroxylation sites is 2. The van der Waals surface area contributed by atoms with E-state index in [4.69, 9.17) is 0 Å². The van der Waals surface area contributed by atoms with E-state index >= 15 is 0 Å². The second kappa shape index (κ2) is 9.35. The standard InChI is InChI=1S/C27H26N4O2S/c1-3-30-23-12-8-6-9-19(23)21-17-18(13-14-24(21)30)28-25(32)15-16-34-27-29-22-11-7-5-10-20(22)26(33)31(27)4-2/h5-14,17H,3-4,15-16H2,1-2H3,(H,28,32). The van der Waals surface area contributed by atoms with E-state index in [-0.39, 0.29) is 11.5 Å². The first-order chi connectivity index (χ1) is 16.6. The van der Waals surface area contributed by atoms with Gasteiger partial charge in [0.25, 0.3) is 5.56 Å². The van der Waals surface area contributed by atoms with Crippen molar-refractivity contribution in [2.75, 3.05) is 11.1 Å². The Hall–Kier alpha value is -3.58. The molecule has 2 aromatic heterocycles. The van der Waals surface area contributed by atoms with E-state index in [1.165, 1.54) is 22.7 Å². The highest BCUT2D eigenvalue weighted by molar-refractivity contribution is 7.99. The maximum absolute atomic E-state index is 12.8. The van der Waals surface area contributed by atoms with Crippen LogP contribution in [0.4, 0.5) is 5.69 Å². The zero-order valence-corrected chi connectivity index (χ0v) is 20.1. The fraction of sp³-hybridized carbons (Fsp3) is 0.222. The largest absolute Gasteiger partial charge is 0.341 e. The molecule has 0 spiro atoms. The lowest BCUT2D eigenvalue weighted by atomic mass is 10.1. The molecule has 1 amide bonds. The minimum atomic E-state index is -0.0581. The summed E-state index contributed by atoms with van der Waals surface area (Å²) in [6, 6.07) is 21.8. The molecular weight excluding hydrogens is 444 g/mol. The van der Waals surface area contributed by atoms with Gasteiger partial charge in [0.05, 0.1) is 10.9 Å². The number of nitrogens with zero attached hydrogens (tertiary/aromatic N) is 3. The lowest BCUT2D eigenvalue weighted by molar-refractivity contribution is -0.115. The highest BCUT2D eigenvalue weighted by Crippen LogP contribution is 2.31. The number of carbonyl (C=O) groups is 1. The Balaban J connectivity index is 1.31. The van der Waals surface area contributed by atoms with Crippen LogP contribution in [0.1, 0.15) is 20.3 Å². The number of hydrogen-bond acceptors (Lipinski definition) is 4. The van der Waals surface area contributed by atoms with Gasteiger partial charge >= 0.3 is 0 Å². The topological polar surface area (TPSA) is 68.9 Å². The number of aryl methyl sites for hydroxylation is 1. The summed E-state index contributed by atoms with van der Waals surface area (Å²) in [4.78, 5) is 30.1. The molecule has 5 rings (SSSR count). The van der Waals surface area contributed by atoms with E-state index in [0.717, 1.165) is 23.1 Å². The van der Waals surface area contributed by atoms with Crippen molar-refractivity contribution in [1.29, 1.82) is 0 Å². The van der Waals surface area contributed by atoms with Gasteiger partial charge in [0, 0.05) is 52.8 Å². The molecule has 3 aromatic carbocycles. The number of rotatable bonds is 7. The van der Waals surface area contributed by atoms with Crippen LogP contribution in [-0.2, 0) is 17.9 Å². The summed E-state index contributed by atoms with van der Waals surface area (Å²) in [6.07, 6.45) is 0.325. The van der Waals surface area contributed by atoms with E-state index in [1.54, 1.807) is 10.6 Å². The zero-order chi connectivity index (χ0) is 23.7. The van der Waals surface area contributed by atoms with Gasteiger partial charge in [-0.25, -0.2) is 4.98 Å². The average Bonchev–Trinajstić information content (AvgIpc) is 3.17. The third-order valence-electron chi connectivity index (χ3n) is 6.08. The SMILES string of the molecule is CCn1c(SCCC(=O)Nc2ccc3c(c2)c2ccccc2n3CC)nc2ccccc2c1=O. The van der Waals surface area contributed by atoms with E-state index in [9.17, 15) is 9.59 Å². The monoisotopic (exact) mass is 470 g/mol. The van der Waals surface area contributed by atoms with Crippen LogP contribution < -0.4 is 10.9 Å². The van der Waals surface area contributed by atoms with Gasteiger partial charge in [0.2, 0.25) is 5.91 Å². The number of amides is 1. The molecule has 0 aliphatic carbocycles. The van der Waals surface area contributed by atoms with Gasteiger partial charge in [-0.3, -0.25) is 14.2 Å². The van der Waals surface area contributed by atoms with Crippen LogP contribution in [-0.4, -0.2) is 25.8 Å². The molecule has 0 aliphatic heterocycles. The van der Waals surface area contributed by atoms with Crippen LogP contribution in [0.2, 0.25) is 0 Å². The predicted molar refractivity (Wildman–Crippen MR) is 141 cm³/mol. The van der Waals surface area contributed by atoms with Crippen molar-refractivity contribution in [3.63, 3.8) is 0 Å². The van der Waals surface area contributed by atoms with Crippen molar-refractivity contribution in [3.05, 3.63) is 77.1 Å². The molecule has 2 heterocycles. The van der Waals surface area contributed by atoms with E-state index in [0.29, 0.717) is 34.8 Å². The number of anilines is 1. The summed E-state index contributed by atoms with van der Waals surface area (Å²) < 4.78 is 3.96. The molecule has 172 valence electrons. The zero-order valence-electron chi connectivity index (χ0n) is 19.2. The number of fused-ring (bicyclic) bond motifs is 4. The highest BCUT2D eigenvalue weighted by Gasteiger charge is 2.13. The van der Waals surface area contributed by atoms with Crippen molar-refractivity contribution in [1.82, 2.24) is 14.1 Å². The summed E-state index contributed by atoms with van der Waals surface area (Å²) in [5, 5.41) is 6.62. The summed E-state index contributed by atoms with van der Waals surface area (Å²) >= 11 is 1.44. The van der Waals surface area contributed by atoms with Crippen LogP contribution in [0.25, 0.3) is 32.7 Å². The smallest absolute Gasteiger partial charge is 0.262 e. The number of thioether (sulfide) groups is 1. The number of aromatic nitrogens is 3. The molecule has 0 fully saturated rings. The lowest BCUT2D eigenvalue weighted by Crippen LogP contribution is -2.22. The predicted octanol–water partition coefficient (Wildman–Crippen LogP) is 5.67. The second-order valence-electron chi connectivity index (χ2n) is 8.10. The first-order valence-corrected chi connectivity index (χ1v) is 12.5. The highest BCUT2D eigenvalue weighted by atomic mass is 32.2. The molecule has 5 aromatic rings. The van der Waals surface area contributed by atoms with Crippen LogP contribution in [0, 0.1) is 0 Å². The second-order valence-corrected chi connectivity index (χ2v) is 9.16. The van der Waals surface area contributed by atoms with Crippen molar-refractivity contribution >= 4 is 56.1 Å². The minimum Gasteiger partial charge on any atom is -0.341 e. The molecule has 0 unspecified atom stereocenters. The Morgan fingerprint density at radius 3 is 2.38 bits per heavy atom. The fourth-order valence-electron chi connectivity index (χ4n) is 4.47. The van der Waals surface area contributed by atoms with Gasteiger partial charge in [0.15, 0.2) is 5.16 Å². The average molecular weight is 471 g/mol. The molecule has 34 heavy (non-hydrogen) atoms. The molecule has 7 heteroatoms. The van der Waals surface area contributed by atoms with Crippen molar-refractivity contribution < 1.29 is 4.79 Å². The van der Waals surface area contributed by atoms with Crippen molar-refractivity contribution in [2.24, 2.45) is 0 Å². The molecule has 0 saturated heterocycles. The molecule has 1 N–H and O–H groups in total. The molecular formula is C27H26N4O2S. The van der Waals surface area contributed by atoms with Gasteiger partial charge < -0.3 is 9.88 Å². The maximum Gasteiger partial charge on any atom is 0.262 e. The summed E-state index contributed by atoms with van der Waals surface area (Å²) in [5.74, 6) is 0.478. The molecule has 0 radical (unpaired) electrons. The Bertz CT molecular complexity index is 1590. The number of hydrogen-bond donors (Lipinski definition) is 1. The van der Waals surface area contributed by atoms with Gasteiger partial charge in [-0.2, -0.15) is 0 Å². The number of nitrogens with one attached hydrogen (secondary N) is 1. The van der Waals surface area contributed by atoms with Gasteiger partial charge in [-0.15, -0.1) is 0 Å². The van der Waals surface area contributed by atoms with Crippen LogP contribution >= 0.6 is 11.8 Å². The van der Waals surface area contributed by atoms with Gasteiger partial charge in [-0.05, 0) is 50.2 Å². The lowest BCUT2D eigenvalue weighted by Gasteiger charge is -2.11. The Kier molecular flexibility index (Phi) is 6.11. The molecule has 0 atom stereocenters. The molecule has 0 bridgehead atoms. The summed E-state index contributed by atoms with van der Waals surface area (Å²) in [5.41, 5.74) is 3.79. The molecule has 6 nitrogen and oxygen atoms in total. The summed E-state index contributed by atoms with van der Waals surface area (Å²) in [7, 11) is 0. The number of carbonyl (C=O) groups excluding carboxylic acids is 1. The molecule has 0 aliphatic rings. The number of benzene rings is 3. The Morgan fingerprint density at radius 2 is 1.59 bits per heavy atom. The van der Waals surface area contributed by atoms with E-state index in [1.807, 2.05) is 37.3 Å². The van der Waals surface area contributed by atoms with Crippen LogP contribution in [0.15, 0.2) is 76.7 Å². The Labute approximate surface area is 201 Å². The first-order valence-electron chi connectivity index (χ1n) is 11.5. The molecule has 0 saturated carbocycles. The van der Waals surface area contributed by atoms with E-state index in [2.05, 4.69) is 52.1 Å². The first kappa shape index (κ1) is 22.2. The van der Waals surface area contributed by atoms with Gasteiger partial charge in [0.1, 0.15) is 0 Å². The normalized spacial score (nSPS) is 11.5. The van der Waals surface area contributed by atoms with Crippen LogP contribution in [0.5, 0.6) is 0 Å². The third kappa shape index (κ3) is 3.96. The van der Waals surface area contributed by atoms with Crippen LogP contribution in [0.3, 0.4) is 0 Å². The third-order valence-corrected chi connectivity index (χ3v) is 7.05. The fourth-order valence-corrected chi connectivity index (χ4v) is 5.47. The Morgan fingerprint density at radius 1 is 0.882 bits per heavy atom. The minimum absolute atomic E-state index is 0.0420. The quantitative estimate of drug-likeness (QED) is 0.246. The van der Waals surface area contributed by atoms with Gasteiger partial charge in [-0.1, -0.05) is 42.1 Å². The van der Waals surface area contributed by atoms with Crippen molar-refractivity contribution in [2.45, 2.75) is 38.5 Å². The maximum atomic E-state index is 12.8. The summed E-state index contributed by atoms with van der Waals surface area (Å²) in [6.45, 7) is 5.50.